The Morgan fingerprint density at radius 3 is 0.600 bits per heavy atom. The minimum absolute atomic E-state index is 0. The molecular formula is C2H18B2O11. The molecule has 0 bridgehead atoms. The molecule has 0 saturated heterocycles. The van der Waals surface area contributed by atoms with Crippen LogP contribution < -0.4 is 0 Å². The molecule has 0 atom stereocenters. The molecule has 15 heavy (non-hydrogen) atoms. The predicted molar refractivity (Wildman–Crippen MR) is 49.8 cm³/mol. The van der Waals surface area contributed by atoms with Crippen molar-refractivity contribution >= 4 is 14.6 Å². The third-order valence-corrected chi connectivity index (χ3v) is 0.1000. The first-order valence-corrected chi connectivity index (χ1v) is 2.68. The van der Waals surface area contributed by atoms with Crippen LogP contribution in [0.3, 0.4) is 0 Å². The highest BCUT2D eigenvalue weighted by molar-refractivity contribution is 6.30. The molecule has 0 radical (unpaired) electrons. The Balaban J connectivity index is -0.0000000184. The summed E-state index contributed by atoms with van der Waals surface area (Å²) in [7, 11) is -4.33. The van der Waals surface area contributed by atoms with Gasteiger partial charge in [0.2, 0.25) is 0 Å². The molecule has 0 aromatic carbocycles. The first-order valence-electron chi connectivity index (χ1n) is 2.68. The van der Waals surface area contributed by atoms with Gasteiger partial charge in [-0.15, -0.1) is 0 Å². The minimum Gasteiger partial charge on any atom is -0.412 e. The molecule has 0 amide bonds. The van der Waals surface area contributed by atoms with Crippen molar-refractivity contribution in [3.05, 3.63) is 0 Å². The van der Waals surface area contributed by atoms with Crippen molar-refractivity contribution in [1.82, 2.24) is 0 Å². The fraction of sp³-hybridized carbons (Fsp3) is 1.00. The summed E-state index contributed by atoms with van der Waals surface area (Å²) in [4.78, 5) is 0. The second-order valence-electron chi connectivity index (χ2n) is 1.14. The van der Waals surface area contributed by atoms with Crippen molar-refractivity contribution in [2.75, 3.05) is 13.2 Å². The maximum atomic E-state index is 7.62. The topological polar surface area (TPSA) is 256 Å². The summed E-state index contributed by atoms with van der Waals surface area (Å²) < 4.78 is 0. The zero-order valence-corrected chi connectivity index (χ0v) is 7.65. The van der Waals surface area contributed by atoms with E-state index in [9.17, 15) is 0 Å². The fourth-order valence-corrected chi connectivity index (χ4v) is 0. The summed E-state index contributed by atoms with van der Waals surface area (Å²) in [6.07, 6.45) is 0. The average molecular weight is 240 g/mol. The first-order chi connectivity index (χ1) is 5.38. The van der Waals surface area contributed by atoms with Crippen LogP contribution in [0.1, 0.15) is 0 Å². The van der Waals surface area contributed by atoms with E-state index in [1.165, 1.54) is 0 Å². The Morgan fingerprint density at radius 1 is 0.533 bits per heavy atom. The van der Waals surface area contributed by atoms with Crippen LogP contribution in [0.2, 0.25) is 0 Å². The molecule has 0 aromatic rings. The molecule has 0 aliphatic heterocycles. The molecule has 0 heterocycles. The summed E-state index contributed by atoms with van der Waals surface area (Å²) in [5.74, 6) is 0. The van der Waals surface area contributed by atoms with E-state index in [4.69, 9.17) is 40.4 Å². The van der Waals surface area contributed by atoms with Crippen LogP contribution in [0.25, 0.3) is 0 Å². The molecule has 0 spiro atoms. The number of hydrogen-bond acceptors (Lipinski definition) is 8. The monoisotopic (exact) mass is 240 g/mol. The van der Waals surface area contributed by atoms with Gasteiger partial charge in [-0.05, 0) is 0 Å². The van der Waals surface area contributed by atoms with Crippen LogP contribution in [0.5, 0.6) is 0 Å². The molecule has 98 valence electrons. The molecule has 0 rings (SSSR count). The van der Waals surface area contributed by atoms with Crippen molar-refractivity contribution in [3.8, 4) is 0 Å². The Hall–Kier alpha value is -0.310. The lowest BCUT2D eigenvalue weighted by atomic mass is 10.3. The number of hydrogen-bond donors (Lipinski definition) is 8. The molecular weight excluding hydrogens is 222 g/mol. The van der Waals surface area contributed by atoms with Crippen molar-refractivity contribution in [1.29, 1.82) is 0 Å². The van der Waals surface area contributed by atoms with Crippen LogP contribution in [0.4, 0.5) is 0 Å². The highest BCUT2D eigenvalue weighted by Crippen LogP contribution is 1.40. The lowest BCUT2D eigenvalue weighted by Crippen LogP contribution is -2.07. The van der Waals surface area contributed by atoms with Gasteiger partial charge in [0.05, 0.1) is 13.2 Å². The Labute approximate surface area is 85.8 Å². The van der Waals surface area contributed by atoms with Crippen molar-refractivity contribution in [2.45, 2.75) is 0 Å². The molecule has 0 aliphatic carbocycles. The number of aliphatic hydroxyl groups excluding tert-OH is 2. The summed E-state index contributed by atoms with van der Waals surface area (Å²) in [6, 6.07) is 0. The van der Waals surface area contributed by atoms with E-state index in [0.29, 0.717) is 0 Å². The van der Waals surface area contributed by atoms with E-state index >= 15 is 0 Å². The zero-order chi connectivity index (χ0) is 10.6. The van der Waals surface area contributed by atoms with Gasteiger partial charge in [-0.1, -0.05) is 0 Å². The zero-order valence-electron chi connectivity index (χ0n) is 7.65. The maximum absolute atomic E-state index is 7.62. The van der Waals surface area contributed by atoms with Gasteiger partial charge < -0.3 is 56.8 Å². The van der Waals surface area contributed by atoms with Crippen LogP contribution in [-0.4, -0.2) is 84.6 Å². The third-order valence-electron chi connectivity index (χ3n) is 0.1000. The summed E-state index contributed by atoms with van der Waals surface area (Å²) in [5.41, 5.74) is 0. The normalized spacial score (nSPS) is 5.60. The van der Waals surface area contributed by atoms with Crippen LogP contribution in [0.15, 0.2) is 0 Å². The highest BCUT2D eigenvalue weighted by atomic mass is 16.5. The molecule has 13 heteroatoms. The predicted octanol–water partition coefficient (Wildman–Crippen LogP) is -7.61. The number of aliphatic hydroxyl groups is 2. The highest BCUT2D eigenvalue weighted by Gasteiger charge is 1.93. The average Bonchev–Trinajstić information content (AvgIpc) is 1.85. The maximum Gasteiger partial charge on any atom is 0.631 e. The van der Waals surface area contributed by atoms with Gasteiger partial charge in [0.1, 0.15) is 0 Å². The largest absolute Gasteiger partial charge is 0.631 e. The van der Waals surface area contributed by atoms with Gasteiger partial charge >= 0.3 is 14.6 Å². The standard InChI is InChI=1S/C2H6O2.2BH3O3.3H2O/c3-1-2-4;2*2-1(3)4;;;/h3-4H,1-2H2;2*2-4H;3*1H2. The molecule has 0 unspecified atom stereocenters. The fourth-order valence-electron chi connectivity index (χ4n) is 0. The minimum atomic E-state index is -2.17. The smallest absolute Gasteiger partial charge is 0.412 e. The molecule has 0 saturated carbocycles. The first kappa shape index (κ1) is 36.5. The van der Waals surface area contributed by atoms with Gasteiger partial charge in [-0.25, -0.2) is 0 Å². The second-order valence-corrected chi connectivity index (χ2v) is 1.14. The van der Waals surface area contributed by atoms with E-state index in [1.54, 1.807) is 0 Å². The molecule has 11 nitrogen and oxygen atoms in total. The molecule has 0 aromatic heterocycles. The van der Waals surface area contributed by atoms with Gasteiger partial charge in [-0.2, -0.15) is 0 Å². The van der Waals surface area contributed by atoms with Crippen molar-refractivity contribution in [3.63, 3.8) is 0 Å². The number of rotatable bonds is 1. The van der Waals surface area contributed by atoms with Gasteiger partial charge in [-0.3, -0.25) is 0 Å². The van der Waals surface area contributed by atoms with Crippen molar-refractivity contribution < 1.29 is 56.8 Å². The summed E-state index contributed by atoms with van der Waals surface area (Å²) in [6.45, 7) is -0.250. The third kappa shape index (κ3) is 3930. The van der Waals surface area contributed by atoms with Crippen molar-refractivity contribution in [2.24, 2.45) is 0 Å². The van der Waals surface area contributed by atoms with Gasteiger partial charge in [0.15, 0.2) is 0 Å². The lowest BCUT2D eigenvalue weighted by Gasteiger charge is -1.70. The molecule has 0 fully saturated rings. The van der Waals surface area contributed by atoms with E-state index < -0.39 is 14.6 Å². The van der Waals surface area contributed by atoms with Crippen LogP contribution in [-0.2, 0) is 0 Å². The Morgan fingerprint density at radius 2 is 0.600 bits per heavy atom. The molecule has 14 N–H and O–H groups in total. The molecule has 0 aliphatic rings. The quantitative estimate of drug-likeness (QED) is 0.203. The Kier molecular flexibility index (Phi) is 90.6. The Bertz CT molecular complexity index is 47.0. The lowest BCUT2D eigenvalue weighted by molar-refractivity contribution is 0.186. The second kappa shape index (κ2) is 37.3. The van der Waals surface area contributed by atoms with Gasteiger partial charge in [0, 0.05) is 0 Å². The SMILES string of the molecule is O.O.O.OB(O)O.OB(O)O.OCCO. The summed E-state index contributed by atoms with van der Waals surface area (Å²) >= 11 is 0. The summed E-state index contributed by atoms with van der Waals surface area (Å²) in [5, 5.41) is 58.2. The van der Waals surface area contributed by atoms with Crippen LogP contribution >= 0.6 is 0 Å². The van der Waals surface area contributed by atoms with E-state index in [2.05, 4.69) is 0 Å². The van der Waals surface area contributed by atoms with E-state index in [-0.39, 0.29) is 29.6 Å². The van der Waals surface area contributed by atoms with E-state index in [1.807, 2.05) is 0 Å². The van der Waals surface area contributed by atoms with Gasteiger partial charge in [0.25, 0.3) is 0 Å². The van der Waals surface area contributed by atoms with E-state index in [0.717, 1.165) is 0 Å². The van der Waals surface area contributed by atoms with Crippen LogP contribution in [0, 0.1) is 0 Å².